The third-order valence-electron chi connectivity index (χ3n) is 1.02. The Labute approximate surface area is 75.7 Å². The fourth-order valence-electron chi connectivity index (χ4n) is 0.595. The highest BCUT2D eigenvalue weighted by molar-refractivity contribution is 6.29. The van der Waals surface area contributed by atoms with Crippen molar-refractivity contribution in [2.24, 2.45) is 0 Å². The Kier molecular flexibility index (Phi) is 2.51. The minimum atomic E-state index is -4.89. The zero-order valence-corrected chi connectivity index (χ0v) is 6.73. The third kappa shape index (κ3) is 2.98. The first-order valence-corrected chi connectivity index (χ1v) is 3.37. The number of ether oxygens (including phenoxy) is 1. The van der Waals surface area contributed by atoms with E-state index in [1.54, 1.807) is 0 Å². The minimum Gasteiger partial charge on any atom is -0.503 e. The molecule has 3 nitrogen and oxygen atoms in total. The topological polar surface area (TPSA) is 42.4 Å². The lowest BCUT2D eigenvalue weighted by atomic mass is 10.4. The van der Waals surface area contributed by atoms with E-state index in [2.05, 4.69) is 9.72 Å². The van der Waals surface area contributed by atoms with Gasteiger partial charge in [-0.05, 0) is 12.1 Å². The van der Waals surface area contributed by atoms with Crippen molar-refractivity contribution >= 4 is 11.6 Å². The number of aromatic hydroxyl groups is 1. The van der Waals surface area contributed by atoms with Gasteiger partial charge in [-0.3, -0.25) is 0 Å². The molecule has 0 aromatic carbocycles. The summed E-state index contributed by atoms with van der Waals surface area (Å²) in [5.41, 5.74) is 0. The Morgan fingerprint density at radius 2 is 2.00 bits per heavy atom. The van der Waals surface area contributed by atoms with E-state index in [-0.39, 0.29) is 5.15 Å². The summed E-state index contributed by atoms with van der Waals surface area (Å²) in [6.45, 7) is 0. The number of hydrogen-bond acceptors (Lipinski definition) is 3. The van der Waals surface area contributed by atoms with Crippen molar-refractivity contribution < 1.29 is 23.0 Å². The van der Waals surface area contributed by atoms with Crippen molar-refractivity contribution in [3.63, 3.8) is 0 Å². The largest absolute Gasteiger partial charge is 0.574 e. The van der Waals surface area contributed by atoms with Gasteiger partial charge in [0.1, 0.15) is 5.15 Å². The van der Waals surface area contributed by atoms with Crippen LogP contribution < -0.4 is 4.74 Å². The molecule has 72 valence electrons. The molecule has 1 aromatic rings. The number of aromatic nitrogens is 1. The van der Waals surface area contributed by atoms with Crippen LogP contribution in [-0.2, 0) is 0 Å². The summed E-state index contributed by atoms with van der Waals surface area (Å²) >= 11 is 5.28. The van der Waals surface area contributed by atoms with E-state index < -0.39 is 18.0 Å². The molecule has 0 atom stereocenters. The quantitative estimate of drug-likeness (QED) is 0.728. The van der Waals surface area contributed by atoms with E-state index in [9.17, 15) is 13.2 Å². The average molecular weight is 214 g/mol. The minimum absolute atomic E-state index is 0.197. The molecule has 0 bridgehead atoms. The molecule has 0 saturated carbocycles. The van der Waals surface area contributed by atoms with Gasteiger partial charge in [0, 0.05) is 0 Å². The maximum absolute atomic E-state index is 11.6. The van der Waals surface area contributed by atoms with Gasteiger partial charge in [-0.25, -0.2) is 0 Å². The zero-order chi connectivity index (χ0) is 10.1. The number of nitrogens with zero attached hydrogens (tertiary/aromatic N) is 1. The number of hydrogen-bond donors (Lipinski definition) is 1. The third-order valence-corrected chi connectivity index (χ3v) is 1.23. The highest BCUT2D eigenvalue weighted by Gasteiger charge is 2.33. The van der Waals surface area contributed by atoms with Gasteiger partial charge < -0.3 is 9.84 Å². The van der Waals surface area contributed by atoms with Gasteiger partial charge in [0.05, 0.1) is 0 Å². The van der Waals surface area contributed by atoms with Gasteiger partial charge in [-0.2, -0.15) is 4.98 Å². The van der Waals surface area contributed by atoms with Crippen LogP contribution >= 0.6 is 11.6 Å². The molecule has 7 heteroatoms. The lowest BCUT2D eigenvalue weighted by molar-refractivity contribution is -0.276. The summed E-state index contributed by atoms with van der Waals surface area (Å²) in [5.74, 6) is -1.68. The molecule has 1 heterocycles. The summed E-state index contributed by atoms with van der Waals surface area (Å²) in [7, 11) is 0. The molecule has 1 aromatic heterocycles. The monoisotopic (exact) mass is 213 g/mol. The highest BCUT2D eigenvalue weighted by Crippen LogP contribution is 2.29. The van der Waals surface area contributed by atoms with Crippen LogP contribution in [0.3, 0.4) is 0 Å². The number of pyridine rings is 1. The van der Waals surface area contributed by atoms with E-state index >= 15 is 0 Å². The van der Waals surface area contributed by atoms with E-state index in [1.165, 1.54) is 0 Å². The second-order valence-electron chi connectivity index (χ2n) is 2.01. The maximum Gasteiger partial charge on any atom is 0.574 e. The second kappa shape index (κ2) is 3.29. The molecule has 0 saturated heterocycles. The van der Waals surface area contributed by atoms with E-state index in [1.807, 2.05) is 0 Å². The summed E-state index contributed by atoms with van der Waals surface area (Å²) in [5, 5.41) is 8.65. The molecular formula is C6H3ClF3NO2. The normalized spacial score (nSPS) is 11.4. The molecule has 1 N–H and O–H groups in total. The predicted molar refractivity (Wildman–Crippen MR) is 37.6 cm³/mol. The maximum atomic E-state index is 11.6. The van der Waals surface area contributed by atoms with Crippen molar-refractivity contribution in [2.45, 2.75) is 6.36 Å². The van der Waals surface area contributed by atoms with Crippen LogP contribution in [0.25, 0.3) is 0 Å². The van der Waals surface area contributed by atoms with E-state index in [0.717, 1.165) is 12.1 Å². The summed E-state index contributed by atoms with van der Waals surface area (Å²) in [6.07, 6.45) is -4.89. The zero-order valence-electron chi connectivity index (χ0n) is 5.97. The van der Waals surface area contributed by atoms with Crippen molar-refractivity contribution in [1.82, 2.24) is 4.98 Å². The molecule has 0 radical (unpaired) electrons. The Morgan fingerprint density at radius 3 is 2.54 bits per heavy atom. The first kappa shape index (κ1) is 9.91. The lowest BCUT2D eigenvalue weighted by Crippen LogP contribution is -2.18. The van der Waals surface area contributed by atoms with Crippen LogP contribution in [0.1, 0.15) is 0 Å². The molecule has 0 aliphatic carbocycles. The van der Waals surface area contributed by atoms with Gasteiger partial charge >= 0.3 is 6.36 Å². The first-order valence-electron chi connectivity index (χ1n) is 3.00. The average Bonchev–Trinajstić information content (AvgIpc) is 1.94. The fourth-order valence-corrected chi connectivity index (χ4v) is 0.735. The highest BCUT2D eigenvalue weighted by atomic mass is 35.5. The first-order chi connectivity index (χ1) is 5.88. The van der Waals surface area contributed by atoms with E-state index in [4.69, 9.17) is 16.7 Å². The fraction of sp³-hybridized carbons (Fsp3) is 0.167. The Bertz CT molecular complexity index is 315. The predicted octanol–water partition coefficient (Wildman–Crippen LogP) is 2.34. The Hall–Kier alpha value is -1.17. The van der Waals surface area contributed by atoms with Gasteiger partial charge in [0.25, 0.3) is 5.88 Å². The summed E-state index contributed by atoms with van der Waals surface area (Å²) < 4.78 is 38.3. The Balaban J connectivity index is 2.94. The van der Waals surface area contributed by atoms with Gasteiger partial charge in [-0.1, -0.05) is 11.6 Å². The molecule has 0 fully saturated rings. The standard InChI is InChI=1S/C6H3ClF3NO2/c7-4-2-1-3(12)5(11-4)13-6(8,9)10/h1-2,12H. The second-order valence-corrected chi connectivity index (χ2v) is 2.39. The van der Waals surface area contributed by atoms with Crippen molar-refractivity contribution in [2.75, 3.05) is 0 Å². The molecule has 0 unspecified atom stereocenters. The molecule has 0 spiro atoms. The smallest absolute Gasteiger partial charge is 0.503 e. The molecule has 1 rings (SSSR count). The van der Waals surface area contributed by atoms with Gasteiger partial charge in [0.15, 0.2) is 5.75 Å². The SMILES string of the molecule is Oc1ccc(Cl)nc1OC(F)(F)F. The van der Waals surface area contributed by atoms with Crippen LogP contribution in [0.4, 0.5) is 13.2 Å². The van der Waals surface area contributed by atoms with Crippen molar-refractivity contribution in [3.8, 4) is 11.6 Å². The van der Waals surface area contributed by atoms with Gasteiger partial charge in [0.2, 0.25) is 0 Å². The molecule has 0 aliphatic rings. The number of rotatable bonds is 1. The molecular weight excluding hydrogens is 211 g/mol. The Morgan fingerprint density at radius 1 is 1.38 bits per heavy atom. The molecule has 0 aliphatic heterocycles. The van der Waals surface area contributed by atoms with Crippen LogP contribution in [0, 0.1) is 0 Å². The lowest BCUT2D eigenvalue weighted by Gasteiger charge is -2.08. The van der Waals surface area contributed by atoms with E-state index in [0.29, 0.717) is 0 Å². The number of alkyl halides is 3. The van der Waals surface area contributed by atoms with Crippen LogP contribution in [0.5, 0.6) is 11.6 Å². The van der Waals surface area contributed by atoms with Crippen molar-refractivity contribution in [3.05, 3.63) is 17.3 Å². The summed E-state index contributed by atoms with van der Waals surface area (Å²) in [4.78, 5) is 3.13. The molecule has 13 heavy (non-hydrogen) atoms. The van der Waals surface area contributed by atoms with Crippen molar-refractivity contribution in [1.29, 1.82) is 0 Å². The number of halogens is 4. The van der Waals surface area contributed by atoms with Crippen LogP contribution in [-0.4, -0.2) is 16.5 Å². The molecule has 0 amide bonds. The van der Waals surface area contributed by atoms with Gasteiger partial charge in [-0.15, -0.1) is 13.2 Å². The van der Waals surface area contributed by atoms with Crippen LogP contribution in [0.15, 0.2) is 12.1 Å². The summed E-state index contributed by atoms with van der Waals surface area (Å²) in [6, 6.07) is 2.09. The van der Waals surface area contributed by atoms with Crippen LogP contribution in [0.2, 0.25) is 5.15 Å².